The van der Waals surface area contributed by atoms with Gasteiger partial charge in [0.25, 0.3) is 0 Å². The van der Waals surface area contributed by atoms with E-state index in [-0.39, 0.29) is 0 Å². The van der Waals surface area contributed by atoms with Crippen LogP contribution in [0.1, 0.15) is 5.69 Å². The van der Waals surface area contributed by atoms with Crippen molar-refractivity contribution in [3.8, 4) is 0 Å². The molecule has 0 radical (unpaired) electrons. The molecule has 6 heteroatoms. The molecule has 0 unspecified atom stereocenters. The summed E-state index contributed by atoms with van der Waals surface area (Å²) in [5, 5.41) is 4.82. The van der Waals surface area contributed by atoms with Crippen molar-refractivity contribution in [1.82, 2.24) is 24.7 Å². The van der Waals surface area contributed by atoms with Crippen LogP contribution in [0.4, 0.5) is 0 Å². The standard InChI is InChI=1S/C13H13N5S/c1-14-9-10-12(19-13-15-6-4-7-16-13)17-11-5-2-3-8-18(10)11/h2-8,14H,9H2,1H3. The van der Waals surface area contributed by atoms with Gasteiger partial charge >= 0.3 is 0 Å². The highest BCUT2D eigenvalue weighted by Gasteiger charge is 2.13. The minimum atomic E-state index is 0.711. The summed E-state index contributed by atoms with van der Waals surface area (Å²) < 4.78 is 2.09. The molecule has 0 aliphatic rings. The van der Waals surface area contributed by atoms with Crippen molar-refractivity contribution in [3.05, 3.63) is 48.5 Å². The lowest BCUT2D eigenvalue weighted by molar-refractivity contribution is 0.763. The second kappa shape index (κ2) is 5.38. The first kappa shape index (κ1) is 12.1. The normalized spacial score (nSPS) is 11.0. The molecule has 3 rings (SSSR count). The molecule has 0 saturated carbocycles. The Balaban J connectivity index is 2.04. The number of hydrogen-bond donors (Lipinski definition) is 1. The molecule has 0 aliphatic carbocycles. The summed E-state index contributed by atoms with van der Waals surface area (Å²) in [5.74, 6) is 0. The Kier molecular flexibility index (Phi) is 3.43. The summed E-state index contributed by atoms with van der Waals surface area (Å²) in [7, 11) is 1.93. The zero-order chi connectivity index (χ0) is 13.1. The minimum absolute atomic E-state index is 0.711. The van der Waals surface area contributed by atoms with E-state index in [9.17, 15) is 0 Å². The molecule has 0 fully saturated rings. The van der Waals surface area contributed by atoms with E-state index in [0.29, 0.717) is 5.16 Å². The third kappa shape index (κ3) is 2.45. The fourth-order valence-electron chi connectivity index (χ4n) is 1.86. The van der Waals surface area contributed by atoms with Gasteiger partial charge in [0, 0.05) is 25.1 Å². The van der Waals surface area contributed by atoms with Crippen LogP contribution in [-0.4, -0.2) is 26.4 Å². The predicted molar refractivity (Wildman–Crippen MR) is 74.1 cm³/mol. The van der Waals surface area contributed by atoms with E-state index in [1.54, 1.807) is 12.4 Å². The first-order valence-electron chi connectivity index (χ1n) is 5.94. The largest absolute Gasteiger partial charge is 0.314 e. The van der Waals surface area contributed by atoms with E-state index >= 15 is 0 Å². The Morgan fingerprint density at radius 2 is 2.05 bits per heavy atom. The van der Waals surface area contributed by atoms with Gasteiger partial charge in [-0.3, -0.25) is 0 Å². The Bertz CT molecular complexity index is 680. The average Bonchev–Trinajstić information content (AvgIpc) is 2.79. The highest BCUT2D eigenvalue weighted by Crippen LogP contribution is 2.27. The van der Waals surface area contributed by atoms with Crippen molar-refractivity contribution in [3.63, 3.8) is 0 Å². The maximum absolute atomic E-state index is 4.63. The van der Waals surface area contributed by atoms with Crippen molar-refractivity contribution in [2.45, 2.75) is 16.7 Å². The summed E-state index contributed by atoms with van der Waals surface area (Å²) >= 11 is 1.49. The summed E-state index contributed by atoms with van der Waals surface area (Å²) in [6, 6.07) is 7.79. The van der Waals surface area contributed by atoms with Gasteiger partial charge in [-0.2, -0.15) is 0 Å². The van der Waals surface area contributed by atoms with E-state index in [1.165, 1.54) is 11.8 Å². The van der Waals surface area contributed by atoms with Crippen LogP contribution in [0, 0.1) is 0 Å². The second-order valence-corrected chi connectivity index (χ2v) is 4.91. The summed E-state index contributed by atoms with van der Waals surface area (Å²) in [5.41, 5.74) is 2.06. The van der Waals surface area contributed by atoms with E-state index in [0.717, 1.165) is 22.9 Å². The number of nitrogens with zero attached hydrogens (tertiary/aromatic N) is 4. The maximum atomic E-state index is 4.63. The quantitative estimate of drug-likeness (QED) is 0.735. The van der Waals surface area contributed by atoms with Crippen LogP contribution >= 0.6 is 11.8 Å². The summed E-state index contributed by atoms with van der Waals surface area (Å²) in [6.45, 7) is 0.750. The van der Waals surface area contributed by atoms with Crippen LogP contribution in [0.3, 0.4) is 0 Å². The number of fused-ring (bicyclic) bond motifs is 1. The molecule has 3 heterocycles. The molecule has 1 N–H and O–H groups in total. The molecule has 0 bridgehead atoms. The van der Waals surface area contributed by atoms with Gasteiger partial charge in [-0.15, -0.1) is 0 Å². The molecule has 0 amide bonds. The fraction of sp³-hybridized carbons (Fsp3) is 0.154. The highest BCUT2D eigenvalue weighted by atomic mass is 32.2. The summed E-state index contributed by atoms with van der Waals surface area (Å²) in [6.07, 6.45) is 5.50. The van der Waals surface area contributed by atoms with Crippen LogP contribution in [-0.2, 0) is 6.54 Å². The van der Waals surface area contributed by atoms with Gasteiger partial charge in [-0.05, 0) is 37.0 Å². The van der Waals surface area contributed by atoms with Gasteiger partial charge < -0.3 is 9.72 Å². The molecular weight excluding hydrogens is 258 g/mol. The highest BCUT2D eigenvalue weighted by molar-refractivity contribution is 7.99. The number of nitrogens with one attached hydrogen (secondary N) is 1. The van der Waals surface area contributed by atoms with Gasteiger partial charge in [0.05, 0.1) is 5.69 Å². The first-order valence-corrected chi connectivity index (χ1v) is 6.75. The second-order valence-electron chi connectivity index (χ2n) is 3.96. The minimum Gasteiger partial charge on any atom is -0.314 e. The first-order chi connectivity index (χ1) is 9.38. The van der Waals surface area contributed by atoms with Gasteiger partial charge in [0.1, 0.15) is 10.7 Å². The summed E-state index contributed by atoms with van der Waals surface area (Å²) in [4.78, 5) is 13.1. The Hall–Kier alpha value is -1.92. The number of aromatic nitrogens is 4. The topological polar surface area (TPSA) is 55.1 Å². The number of imidazole rings is 1. The van der Waals surface area contributed by atoms with E-state index in [2.05, 4.69) is 24.7 Å². The van der Waals surface area contributed by atoms with E-state index in [4.69, 9.17) is 0 Å². The van der Waals surface area contributed by atoms with E-state index < -0.39 is 0 Å². The zero-order valence-electron chi connectivity index (χ0n) is 10.4. The van der Waals surface area contributed by atoms with Crippen LogP contribution in [0.2, 0.25) is 0 Å². The molecular formula is C13H13N5S. The Labute approximate surface area is 115 Å². The zero-order valence-corrected chi connectivity index (χ0v) is 11.3. The third-order valence-electron chi connectivity index (χ3n) is 2.67. The van der Waals surface area contributed by atoms with Crippen molar-refractivity contribution in [2.24, 2.45) is 0 Å². The van der Waals surface area contributed by atoms with Crippen LogP contribution in [0.25, 0.3) is 5.65 Å². The van der Waals surface area contributed by atoms with Crippen LogP contribution < -0.4 is 5.32 Å². The Morgan fingerprint density at radius 3 is 2.84 bits per heavy atom. The molecule has 0 spiro atoms. The SMILES string of the molecule is CNCc1c(Sc2ncccn2)nc2ccccn12. The van der Waals surface area contributed by atoms with Crippen molar-refractivity contribution in [2.75, 3.05) is 7.05 Å². The number of hydrogen-bond acceptors (Lipinski definition) is 5. The fourth-order valence-corrected chi connectivity index (χ4v) is 2.69. The van der Waals surface area contributed by atoms with Crippen molar-refractivity contribution in [1.29, 1.82) is 0 Å². The maximum Gasteiger partial charge on any atom is 0.193 e. The molecule has 0 atom stereocenters. The Morgan fingerprint density at radius 1 is 1.21 bits per heavy atom. The molecule has 96 valence electrons. The lowest BCUT2D eigenvalue weighted by Gasteiger charge is -2.03. The molecule has 3 aromatic heterocycles. The lowest BCUT2D eigenvalue weighted by Crippen LogP contribution is -2.08. The molecule has 0 saturated heterocycles. The van der Waals surface area contributed by atoms with Crippen LogP contribution in [0.5, 0.6) is 0 Å². The number of rotatable bonds is 4. The molecule has 3 aromatic rings. The predicted octanol–water partition coefficient (Wildman–Crippen LogP) is 1.99. The van der Waals surface area contributed by atoms with Gasteiger partial charge in [-0.1, -0.05) is 6.07 Å². The average molecular weight is 271 g/mol. The van der Waals surface area contributed by atoms with Crippen molar-refractivity contribution < 1.29 is 0 Å². The number of pyridine rings is 1. The molecule has 0 aromatic carbocycles. The van der Waals surface area contributed by atoms with Gasteiger partial charge in [-0.25, -0.2) is 15.0 Å². The van der Waals surface area contributed by atoms with Crippen LogP contribution in [0.15, 0.2) is 53.0 Å². The molecule has 19 heavy (non-hydrogen) atoms. The molecule has 5 nitrogen and oxygen atoms in total. The lowest BCUT2D eigenvalue weighted by atomic mass is 10.4. The van der Waals surface area contributed by atoms with Gasteiger partial charge in [0.15, 0.2) is 5.16 Å². The monoisotopic (exact) mass is 271 g/mol. The van der Waals surface area contributed by atoms with Gasteiger partial charge in [0.2, 0.25) is 0 Å². The van der Waals surface area contributed by atoms with E-state index in [1.807, 2.05) is 37.5 Å². The smallest absolute Gasteiger partial charge is 0.193 e. The molecule has 0 aliphatic heterocycles. The third-order valence-corrected chi connectivity index (χ3v) is 3.58. The van der Waals surface area contributed by atoms with Crippen molar-refractivity contribution >= 4 is 17.4 Å².